The zero-order valence-electron chi connectivity index (χ0n) is 11.8. The van der Waals surface area contributed by atoms with Gasteiger partial charge in [-0.2, -0.15) is 0 Å². The number of aliphatic hydroxyl groups excluding tert-OH is 3. The summed E-state index contributed by atoms with van der Waals surface area (Å²) < 4.78 is 9.84. The van der Waals surface area contributed by atoms with Crippen molar-refractivity contribution in [1.82, 2.24) is 0 Å². The standard InChI is InChI=1S/C14H24O6/c1-19-13(18)7-5-3-2-4-6-10-12(17)9-20-14(10)11(16)8-15/h2,4,10-12,14-17H,3,5-9H2,1H3/b4-2-. The largest absolute Gasteiger partial charge is 0.469 e. The van der Waals surface area contributed by atoms with Crippen LogP contribution in [0.25, 0.3) is 0 Å². The van der Waals surface area contributed by atoms with Gasteiger partial charge in [-0.05, 0) is 19.3 Å². The topological polar surface area (TPSA) is 96.2 Å². The third kappa shape index (κ3) is 5.20. The van der Waals surface area contributed by atoms with E-state index in [0.717, 1.165) is 12.8 Å². The minimum atomic E-state index is -0.968. The molecule has 0 radical (unpaired) electrons. The van der Waals surface area contributed by atoms with Crippen LogP contribution in [-0.4, -0.2) is 59.9 Å². The Bertz CT molecular complexity index is 317. The number of ether oxygens (including phenoxy) is 2. The minimum absolute atomic E-state index is 0.183. The number of aliphatic hydroxyl groups is 3. The number of methoxy groups -OCH3 is 1. The van der Waals surface area contributed by atoms with E-state index in [1.54, 1.807) is 0 Å². The van der Waals surface area contributed by atoms with Crippen molar-refractivity contribution in [3.8, 4) is 0 Å². The van der Waals surface area contributed by atoms with Gasteiger partial charge in [-0.1, -0.05) is 12.2 Å². The Morgan fingerprint density at radius 2 is 2.25 bits per heavy atom. The highest BCUT2D eigenvalue weighted by Crippen LogP contribution is 2.27. The summed E-state index contributed by atoms with van der Waals surface area (Å²) in [6.45, 7) is -0.195. The van der Waals surface area contributed by atoms with Crippen LogP contribution in [0, 0.1) is 5.92 Å². The Hall–Kier alpha value is -0.950. The number of allylic oxidation sites excluding steroid dienone is 2. The van der Waals surface area contributed by atoms with Crippen molar-refractivity contribution in [2.24, 2.45) is 5.92 Å². The molecular weight excluding hydrogens is 264 g/mol. The van der Waals surface area contributed by atoms with Crippen LogP contribution in [0.3, 0.4) is 0 Å². The van der Waals surface area contributed by atoms with Crippen molar-refractivity contribution in [3.05, 3.63) is 12.2 Å². The van der Waals surface area contributed by atoms with Gasteiger partial charge >= 0.3 is 5.97 Å². The molecule has 1 fully saturated rings. The lowest BCUT2D eigenvalue weighted by atomic mass is 9.92. The lowest BCUT2D eigenvalue weighted by molar-refractivity contribution is -0.140. The fourth-order valence-corrected chi connectivity index (χ4v) is 2.30. The molecule has 6 nitrogen and oxygen atoms in total. The van der Waals surface area contributed by atoms with Crippen LogP contribution < -0.4 is 0 Å². The second-order valence-electron chi connectivity index (χ2n) is 4.95. The lowest BCUT2D eigenvalue weighted by Gasteiger charge is -2.22. The Morgan fingerprint density at radius 3 is 2.90 bits per heavy atom. The number of carbonyl (C=O) groups is 1. The number of carbonyl (C=O) groups excluding carboxylic acids is 1. The molecule has 116 valence electrons. The molecule has 1 aliphatic heterocycles. The molecule has 1 rings (SSSR count). The van der Waals surface area contributed by atoms with E-state index in [2.05, 4.69) is 4.74 Å². The van der Waals surface area contributed by atoms with E-state index in [0.29, 0.717) is 12.8 Å². The van der Waals surface area contributed by atoms with Crippen LogP contribution in [0.1, 0.15) is 25.7 Å². The van der Waals surface area contributed by atoms with E-state index in [1.165, 1.54) is 7.11 Å². The molecule has 20 heavy (non-hydrogen) atoms. The summed E-state index contributed by atoms with van der Waals surface area (Å²) in [5.41, 5.74) is 0. The molecule has 4 atom stereocenters. The summed E-state index contributed by atoms with van der Waals surface area (Å²) in [5.74, 6) is -0.432. The molecule has 0 aromatic heterocycles. The highest BCUT2D eigenvalue weighted by molar-refractivity contribution is 5.68. The zero-order chi connectivity index (χ0) is 15.0. The van der Waals surface area contributed by atoms with E-state index in [9.17, 15) is 15.0 Å². The molecule has 3 N–H and O–H groups in total. The second kappa shape index (κ2) is 9.07. The van der Waals surface area contributed by atoms with Crippen molar-refractivity contribution in [2.45, 2.75) is 44.0 Å². The van der Waals surface area contributed by atoms with Crippen LogP contribution in [0.5, 0.6) is 0 Å². The van der Waals surface area contributed by atoms with Crippen LogP contribution in [0.4, 0.5) is 0 Å². The molecule has 0 bridgehead atoms. The smallest absolute Gasteiger partial charge is 0.305 e. The van der Waals surface area contributed by atoms with E-state index < -0.39 is 18.3 Å². The highest BCUT2D eigenvalue weighted by atomic mass is 16.5. The Balaban J connectivity index is 2.29. The summed E-state index contributed by atoms with van der Waals surface area (Å²) >= 11 is 0. The fourth-order valence-electron chi connectivity index (χ4n) is 2.30. The number of rotatable bonds is 8. The van der Waals surface area contributed by atoms with Crippen molar-refractivity contribution in [1.29, 1.82) is 0 Å². The first-order chi connectivity index (χ1) is 9.60. The Morgan fingerprint density at radius 1 is 1.50 bits per heavy atom. The summed E-state index contributed by atoms with van der Waals surface area (Å²) in [7, 11) is 1.37. The predicted octanol–water partition coefficient (Wildman–Crippen LogP) is 0.00510. The number of unbranched alkanes of at least 4 members (excludes halogenated alkanes) is 1. The SMILES string of the molecule is COC(=O)CCC/C=C\CC1C(O)COC1C(O)CO. The molecule has 0 aromatic carbocycles. The summed E-state index contributed by atoms with van der Waals surface area (Å²) in [6.07, 6.45) is 4.17. The molecule has 4 unspecified atom stereocenters. The predicted molar refractivity (Wildman–Crippen MR) is 72.0 cm³/mol. The molecule has 0 aliphatic carbocycles. The first-order valence-corrected chi connectivity index (χ1v) is 6.90. The van der Waals surface area contributed by atoms with Crippen molar-refractivity contribution in [3.63, 3.8) is 0 Å². The van der Waals surface area contributed by atoms with Crippen molar-refractivity contribution in [2.75, 3.05) is 20.3 Å². The minimum Gasteiger partial charge on any atom is -0.469 e. The van der Waals surface area contributed by atoms with Crippen molar-refractivity contribution >= 4 is 5.97 Å². The Labute approximate surface area is 119 Å². The number of hydrogen-bond donors (Lipinski definition) is 3. The van der Waals surface area contributed by atoms with Gasteiger partial charge in [0.2, 0.25) is 0 Å². The molecule has 1 aliphatic rings. The summed E-state index contributed by atoms with van der Waals surface area (Å²) in [6, 6.07) is 0. The fraction of sp³-hybridized carbons (Fsp3) is 0.786. The number of hydrogen-bond acceptors (Lipinski definition) is 6. The molecule has 0 saturated carbocycles. The average Bonchev–Trinajstić information content (AvgIpc) is 2.82. The van der Waals surface area contributed by atoms with Gasteiger partial charge in [-0.25, -0.2) is 0 Å². The summed E-state index contributed by atoms with van der Waals surface area (Å²) in [5, 5.41) is 28.4. The molecule has 6 heteroatoms. The molecule has 1 saturated heterocycles. The first-order valence-electron chi connectivity index (χ1n) is 6.90. The van der Waals surface area contributed by atoms with Gasteiger partial charge in [0.15, 0.2) is 0 Å². The monoisotopic (exact) mass is 288 g/mol. The van der Waals surface area contributed by atoms with E-state index in [-0.39, 0.29) is 25.1 Å². The van der Waals surface area contributed by atoms with E-state index in [1.807, 2.05) is 12.2 Å². The normalized spacial score (nSPS) is 27.9. The van der Waals surface area contributed by atoms with Crippen LogP contribution in [-0.2, 0) is 14.3 Å². The zero-order valence-corrected chi connectivity index (χ0v) is 11.8. The van der Waals surface area contributed by atoms with Gasteiger partial charge in [-0.3, -0.25) is 4.79 Å². The molecule has 1 heterocycles. The van der Waals surface area contributed by atoms with Gasteiger partial charge in [0.25, 0.3) is 0 Å². The van der Waals surface area contributed by atoms with Gasteiger partial charge in [0, 0.05) is 12.3 Å². The maximum atomic E-state index is 10.9. The van der Waals surface area contributed by atoms with E-state index >= 15 is 0 Å². The van der Waals surface area contributed by atoms with Gasteiger partial charge < -0.3 is 24.8 Å². The molecule has 0 amide bonds. The quantitative estimate of drug-likeness (QED) is 0.331. The average molecular weight is 288 g/mol. The van der Waals surface area contributed by atoms with Gasteiger partial charge in [0.1, 0.15) is 6.10 Å². The van der Waals surface area contributed by atoms with Gasteiger partial charge in [0.05, 0.1) is 32.5 Å². The maximum absolute atomic E-state index is 10.9. The second-order valence-corrected chi connectivity index (χ2v) is 4.95. The van der Waals surface area contributed by atoms with Gasteiger partial charge in [-0.15, -0.1) is 0 Å². The van der Waals surface area contributed by atoms with E-state index in [4.69, 9.17) is 9.84 Å². The molecular formula is C14H24O6. The van der Waals surface area contributed by atoms with Crippen LogP contribution in [0.2, 0.25) is 0 Å². The number of esters is 1. The first kappa shape index (κ1) is 17.1. The highest BCUT2D eigenvalue weighted by Gasteiger charge is 2.39. The van der Waals surface area contributed by atoms with Crippen LogP contribution >= 0.6 is 0 Å². The molecule has 0 spiro atoms. The lowest BCUT2D eigenvalue weighted by Crippen LogP contribution is -2.36. The third-order valence-corrected chi connectivity index (χ3v) is 3.50. The summed E-state index contributed by atoms with van der Waals surface area (Å²) in [4.78, 5) is 10.9. The van der Waals surface area contributed by atoms with Crippen molar-refractivity contribution < 1.29 is 29.6 Å². The third-order valence-electron chi connectivity index (χ3n) is 3.50. The molecule has 0 aromatic rings. The van der Waals surface area contributed by atoms with Crippen LogP contribution in [0.15, 0.2) is 12.2 Å². The Kier molecular flexibility index (Phi) is 7.76. The maximum Gasteiger partial charge on any atom is 0.305 e.